The lowest BCUT2D eigenvalue weighted by atomic mass is 9.90. The van der Waals surface area contributed by atoms with Gasteiger partial charge >= 0.3 is 11.9 Å². The fourth-order valence-electron chi connectivity index (χ4n) is 1.82. The van der Waals surface area contributed by atoms with Crippen LogP contribution in [0.25, 0.3) is 0 Å². The second-order valence-corrected chi connectivity index (χ2v) is 8.21. The summed E-state index contributed by atoms with van der Waals surface area (Å²) in [7, 11) is 0. The maximum atomic E-state index is 12.7. The van der Waals surface area contributed by atoms with Crippen LogP contribution in [-0.2, 0) is 25.7 Å². The van der Waals surface area contributed by atoms with E-state index in [1.807, 2.05) is 0 Å². The summed E-state index contributed by atoms with van der Waals surface area (Å²) in [5, 5.41) is 0. The first kappa shape index (κ1) is 21.7. The Morgan fingerprint density at radius 3 is 1.65 bits per heavy atom. The number of benzene rings is 1. The van der Waals surface area contributed by atoms with Gasteiger partial charge in [0.05, 0.1) is 0 Å². The van der Waals surface area contributed by atoms with E-state index in [1.165, 1.54) is 6.92 Å². The van der Waals surface area contributed by atoms with E-state index in [0.717, 1.165) is 0 Å². The summed E-state index contributed by atoms with van der Waals surface area (Å²) in [5.41, 5.74) is -2.24. The lowest BCUT2D eigenvalue weighted by molar-refractivity contribution is -0.179. The average Bonchev–Trinajstić information content (AvgIpc) is 2.49. The highest BCUT2D eigenvalue weighted by Crippen LogP contribution is 2.26. The standard InChI is InChI=1S/C21H27FO4/c1-19(2,3)25-17(23)21(7,18(24)26-20(4,5)6)13-12-15-8-10-16(14-22)11-9-15/h8-11H,14H2,1-7H3. The number of halogens is 1. The molecule has 0 heterocycles. The molecule has 142 valence electrons. The number of rotatable bonds is 3. The summed E-state index contributed by atoms with van der Waals surface area (Å²) < 4.78 is 23.3. The van der Waals surface area contributed by atoms with Crippen molar-refractivity contribution in [2.45, 2.75) is 66.3 Å². The first-order chi connectivity index (χ1) is 11.8. The van der Waals surface area contributed by atoms with Crippen molar-refractivity contribution < 1.29 is 23.5 Å². The highest BCUT2D eigenvalue weighted by atomic mass is 19.1. The largest absolute Gasteiger partial charge is 0.458 e. The van der Waals surface area contributed by atoms with E-state index >= 15 is 0 Å². The molecule has 5 heteroatoms. The van der Waals surface area contributed by atoms with E-state index in [0.29, 0.717) is 11.1 Å². The Balaban J connectivity index is 3.25. The molecule has 0 saturated carbocycles. The van der Waals surface area contributed by atoms with Gasteiger partial charge in [0.1, 0.15) is 17.9 Å². The molecule has 0 radical (unpaired) electrons. The van der Waals surface area contributed by atoms with Crippen LogP contribution in [0.1, 0.15) is 59.6 Å². The van der Waals surface area contributed by atoms with Crippen molar-refractivity contribution in [3.8, 4) is 11.8 Å². The van der Waals surface area contributed by atoms with Gasteiger partial charge in [0.25, 0.3) is 0 Å². The van der Waals surface area contributed by atoms with E-state index in [4.69, 9.17) is 9.47 Å². The summed E-state index contributed by atoms with van der Waals surface area (Å²) in [6, 6.07) is 6.46. The lowest BCUT2D eigenvalue weighted by Gasteiger charge is -2.29. The molecule has 0 aliphatic carbocycles. The number of hydrogen-bond acceptors (Lipinski definition) is 4. The van der Waals surface area contributed by atoms with E-state index in [-0.39, 0.29) is 0 Å². The van der Waals surface area contributed by atoms with Gasteiger partial charge in [-0.05, 0) is 66.2 Å². The molecular weight excluding hydrogens is 335 g/mol. The quantitative estimate of drug-likeness (QED) is 0.459. The number of ether oxygens (including phenoxy) is 2. The molecule has 0 aliphatic heterocycles. The topological polar surface area (TPSA) is 52.6 Å². The number of alkyl halides is 1. The molecule has 0 aliphatic rings. The molecule has 1 rings (SSSR count). The van der Waals surface area contributed by atoms with Crippen molar-refractivity contribution in [3.05, 3.63) is 35.4 Å². The molecule has 0 fully saturated rings. The highest BCUT2D eigenvalue weighted by molar-refractivity contribution is 6.03. The lowest BCUT2D eigenvalue weighted by Crippen LogP contribution is -2.44. The van der Waals surface area contributed by atoms with Crippen LogP contribution >= 0.6 is 0 Å². The monoisotopic (exact) mass is 362 g/mol. The molecule has 0 atom stereocenters. The minimum Gasteiger partial charge on any atom is -0.458 e. The van der Waals surface area contributed by atoms with Crippen LogP contribution in [-0.4, -0.2) is 23.1 Å². The Bertz CT molecular complexity index is 682. The van der Waals surface area contributed by atoms with E-state index in [2.05, 4.69) is 11.8 Å². The van der Waals surface area contributed by atoms with Crippen molar-refractivity contribution >= 4 is 11.9 Å². The number of esters is 2. The molecule has 0 amide bonds. The zero-order valence-electron chi connectivity index (χ0n) is 16.5. The maximum absolute atomic E-state index is 12.7. The fourth-order valence-corrected chi connectivity index (χ4v) is 1.82. The van der Waals surface area contributed by atoms with Gasteiger partial charge in [-0.3, -0.25) is 0 Å². The van der Waals surface area contributed by atoms with Gasteiger partial charge < -0.3 is 9.47 Å². The molecule has 0 spiro atoms. The van der Waals surface area contributed by atoms with Crippen LogP contribution in [0.2, 0.25) is 0 Å². The summed E-state index contributed by atoms with van der Waals surface area (Å²) in [6.45, 7) is 11.1. The molecule has 0 N–H and O–H groups in total. The first-order valence-corrected chi connectivity index (χ1v) is 8.42. The molecule has 4 nitrogen and oxygen atoms in total. The van der Waals surface area contributed by atoms with Crippen LogP contribution in [0.3, 0.4) is 0 Å². The van der Waals surface area contributed by atoms with Gasteiger partial charge in [0.2, 0.25) is 5.41 Å². The van der Waals surface area contributed by atoms with Crippen molar-refractivity contribution in [2.24, 2.45) is 5.41 Å². The highest BCUT2D eigenvalue weighted by Gasteiger charge is 2.46. The molecule has 1 aromatic carbocycles. The third-order valence-electron chi connectivity index (χ3n) is 3.18. The zero-order chi connectivity index (χ0) is 20.2. The van der Waals surface area contributed by atoms with Crippen molar-refractivity contribution in [1.82, 2.24) is 0 Å². The molecule has 1 aromatic rings. The Kier molecular flexibility index (Phi) is 6.59. The van der Waals surface area contributed by atoms with E-state index < -0.39 is 35.2 Å². The van der Waals surface area contributed by atoms with Crippen LogP contribution in [0.5, 0.6) is 0 Å². The SMILES string of the molecule is CC(C)(C)OC(=O)C(C)(C#Cc1ccc(CF)cc1)C(=O)OC(C)(C)C. The Morgan fingerprint density at radius 1 is 0.885 bits per heavy atom. The molecule has 0 unspecified atom stereocenters. The zero-order valence-corrected chi connectivity index (χ0v) is 16.5. The van der Waals surface area contributed by atoms with Gasteiger partial charge in [-0.1, -0.05) is 24.0 Å². The summed E-state index contributed by atoms with van der Waals surface area (Å²) in [4.78, 5) is 25.3. The van der Waals surface area contributed by atoms with Crippen LogP contribution in [0, 0.1) is 17.3 Å². The fraction of sp³-hybridized carbons (Fsp3) is 0.524. The van der Waals surface area contributed by atoms with Gasteiger partial charge in [0, 0.05) is 5.56 Å². The maximum Gasteiger partial charge on any atom is 0.336 e. The summed E-state index contributed by atoms with van der Waals surface area (Å²) in [6.07, 6.45) is 0. The van der Waals surface area contributed by atoms with Crippen molar-refractivity contribution in [1.29, 1.82) is 0 Å². The van der Waals surface area contributed by atoms with Gasteiger partial charge in [0.15, 0.2) is 0 Å². The van der Waals surface area contributed by atoms with Crippen LogP contribution in [0.4, 0.5) is 4.39 Å². The van der Waals surface area contributed by atoms with Gasteiger partial charge in [-0.25, -0.2) is 14.0 Å². The Hall–Kier alpha value is -2.35. The Labute approximate surface area is 155 Å². The van der Waals surface area contributed by atoms with Gasteiger partial charge in [-0.15, -0.1) is 0 Å². The molecule has 26 heavy (non-hydrogen) atoms. The average molecular weight is 362 g/mol. The number of carbonyl (C=O) groups is 2. The minimum absolute atomic E-state index is 0.526. The first-order valence-electron chi connectivity index (χ1n) is 8.42. The molecule has 0 aromatic heterocycles. The van der Waals surface area contributed by atoms with Crippen molar-refractivity contribution in [3.63, 3.8) is 0 Å². The normalized spacial score (nSPS) is 12.0. The third kappa shape index (κ3) is 6.51. The minimum atomic E-state index is -1.78. The molecule has 0 saturated heterocycles. The Morgan fingerprint density at radius 2 is 1.31 bits per heavy atom. The number of carbonyl (C=O) groups excluding carboxylic acids is 2. The predicted octanol–water partition coefficient (Wildman–Crippen LogP) is 4.20. The van der Waals surface area contributed by atoms with Crippen molar-refractivity contribution in [2.75, 3.05) is 0 Å². The predicted molar refractivity (Wildman–Crippen MR) is 97.9 cm³/mol. The molecule has 0 bridgehead atoms. The second kappa shape index (κ2) is 7.90. The summed E-state index contributed by atoms with van der Waals surface area (Å²) in [5.74, 6) is 3.96. The second-order valence-electron chi connectivity index (χ2n) is 8.21. The van der Waals surface area contributed by atoms with Crippen LogP contribution in [0.15, 0.2) is 24.3 Å². The molecular formula is C21H27FO4. The van der Waals surface area contributed by atoms with Crippen LogP contribution < -0.4 is 0 Å². The summed E-state index contributed by atoms with van der Waals surface area (Å²) >= 11 is 0. The van der Waals surface area contributed by atoms with E-state index in [1.54, 1.807) is 65.8 Å². The van der Waals surface area contributed by atoms with Gasteiger partial charge in [-0.2, -0.15) is 0 Å². The smallest absolute Gasteiger partial charge is 0.336 e. The number of hydrogen-bond donors (Lipinski definition) is 0. The van der Waals surface area contributed by atoms with E-state index in [9.17, 15) is 14.0 Å². The third-order valence-corrected chi connectivity index (χ3v) is 3.18.